The van der Waals surface area contributed by atoms with Crippen LogP contribution in [0.2, 0.25) is 0 Å². The molecule has 3 heteroatoms. The Morgan fingerprint density at radius 3 is 2.46 bits per heavy atom. The lowest BCUT2D eigenvalue weighted by atomic mass is 10.0. The number of hydrogen-bond donors (Lipinski definition) is 0. The molecule has 0 fully saturated rings. The summed E-state index contributed by atoms with van der Waals surface area (Å²) in [4.78, 5) is 0. The van der Waals surface area contributed by atoms with Crippen molar-refractivity contribution < 1.29 is 9.47 Å². The fraction of sp³-hybridized carbons (Fsp3) is 0.565. The average molecular weight is 377 g/mol. The molecule has 2 nitrogen and oxygen atoms in total. The summed E-state index contributed by atoms with van der Waals surface area (Å²) in [5.41, 5.74) is 1.28. The first-order chi connectivity index (χ1) is 12.7. The fourth-order valence-corrected chi connectivity index (χ4v) is 3.28. The van der Waals surface area contributed by atoms with Crippen molar-refractivity contribution in [1.29, 1.82) is 0 Å². The number of halogens is 1. The van der Waals surface area contributed by atoms with Gasteiger partial charge in [0, 0.05) is 10.9 Å². The van der Waals surface area contributed by atoms with E-state index in [9.17, 15) is 0 Å². The molecule has 0 N–H and O–H groups in total. The summed E-state index contributed by atoms with van der Waals surface area (Å²) >= 11 is 6.18. The van der Waals surface area contributed by atoms with Gasteiger partial charge in [-0.15, -0.1) is 11.6 Å². The third-order valence-corrected chi connectivity index (χ3v) is 5.32. The van der Waals surface area contributed by atoms with Crippen LogP contribution in [0.15, 0.2) is 30.3 Å². The zero-order chi connectivity index (χ0) is 18.8. The van der Waals surface area contributed by atoms with Gasteiger partial charge in [0.2, 0.25) is 0 Å². The molecule has 0 spiro atoms. The summed E-state index contributed by atoms with van der Waals surface area (Å²) in [6.45, 7) is 8.04. The van der Waals surface area contributed by atoms with Crippen LogP contribution >= 0.6 is 11.6 Å². The second kappa shape index (κ2) is 11.3. The molecule has 0 saturated carbocycles. The first kappa shape index (κ1) is 20.9. The molecule has 1 unspecified atom stereocenters. The zero-order valence-corrected chi connectivity index (χ0v) is 17.3. The van der Waals surface area contributed by atoms with Crippen LogP contribution in [0.5, 0.6) is 11.5 Å². The monoisotopic (exact) mass is 376 g/mol. The number of aryl methyl sites for hydroxylation is 1. The van der Waals surface area contributed by atoms with Crippen LogP contribution in [0.3, 0.4) is 0 Å². The van der Waals surface area contributed by atoms with Crippen LogP contribution < -0.4 is 9.47 Å². The Morgan fingerprint density at radius 2 is 1.73 bits per heavy atom. The third-order valence-electron chi connectivity index (χ3n) is 4.79. The zero-order valence-electron chi connectivity index (χ0n) is 16.5. The highest BCUT2D eigenvalue weighted by Crippen LogP contribution is 2.31. The van der Waals surface area contributed by atoms with Crippen molar-refractivity contribution in [2.24, 2.45) is 0 Å². The van der Waals surface area contributed by atoms with E-state index in [1.807, 2.05) is 0 Å². The first-order valence-electron chi connectivity index (χ1n) is 10.1. The maximum Gasteiger partial charge on any atom is 0.123 e. The molecule has 1 atom stereocenters. The number of alkyl halides is 1. The van der Waals surface area contributed by atoms with E-state index >= 15 is 0 Å². The van der Waals surface area contributed by atoms with Crippen LogP contribution in [0, 0.1) is 0 Å². The first-order valence-corrected chi connectivity index (χ1v) is 10.6. The highest BCUT2D eigenvalue weighted by atomic mass is 35.5. The Kier molecular flexibility index (Phi) is 9.11. The third kappa shape index (κ3) is 6.09. The van der Waals surface area contributed by atoms with Crippen LogP contribution in [0.1, 0.15) is 64.9 Å². The van der Waals surface area contributed by atoms with Gasteiger partial charge >= 0.3 is 0 Å². The van der Waals surface area contributed by atoms with Gasteiger partial charge in [-0.05, 0) is 67.5 Å². The minimum atomic E-state index is 0.301. The molecule has 2 rings (SSSR count). The Balaban J connectivity index is 2.00. The molecule has 144 valence electrons. The van der Waals surface area contributed by atoms with Crippen LogP contribution in [0.4, 0.5) is 0 Å². The van der Waals surface area contributed by atoms with E-state index in [1.54, 1.807) is 0 Å². The summed E-state index contributed by atoms with van der Waals surface area (Å²) in [6.07, 6.45) is 7.48. The Labute approximate surface area is 163 Å². The van der Waals surface area contributed by atoms with Gasteiger partial charge in [-0.1, -0.05) is 39.3 Å². The van der Waals surface area contributed by atoms with Crippen molar-refractivity contribution in [2.45, 2.75) is 71.1 Å². The highest BCUT2D eigenvalue weighted by molar-refractivity contribution is 6.20. The number of fused-ring (bicyclic) bond motifs is 1. The summed E-state index contributed by atoms with van der Waals surface area (Å²) < 4.78 is 11.9. The van der Waals surface area contributed by atoms with Gasteiger partial charge < -0.3 is 9.47 Å². The number of rotatable bonds is 12. The normalized spacial score (nSPS) is 12.3. The number of hydrogen-bond acceptors (Lipinski definition) is 2. The molecule has 0 aliphatic carbocycles. The van der Waals surface area contributed by atoms with Crippen LogP contribution in [0.25, 0.3) is 10.8 Å². The molecular weight excluding hydrogens is 344 g/mol. The largest absolute Gasteiger partial charge is 0.494 e. The second-order valence-corrected chi connectivity index (χ2v) is 7.45. The molecule has 0 bridgehead atoms. The Hall–Kier alpha value is -1.41. The number of unbranched alkanes of at least 4 members (excludes halogenated alkanes) is 2. The predicted molar refractivity (Wildman–Crippen MR) is 113 cm³/mol. The van der Waals surface area contributed by atoms with Crippen molar-refractivity contribution in [1.82, 2.24) is 0 Å². The SMILES string of the molecule is CCCCOc1ccc2c(CC)c(OCCCCC(Cl)CC)ccc2c1. The lowest BCUT2D eigenvalue weighted by molar-refractivity contribution is 0.302. The van der Waals surface area contributed by atoms with Crippen molar-refractivity contribution in [3.05, 3.63) is 35.9 Å². The van der Waals surface area contributed by atoms with Crippen molar-refractivity contribution in [3.8, 4) is 11.5 Å². The maximum absolute atomic E-state index is 6.18. The highest BCUT2D eigenvalue weighted by Gasteiger charge is 2.09. The lowest BCUT2D eigenvalue weighted by Gasteiger charge is -2.14. The molecule has 0 aliphatic heterocycles. The molecule has 0 heterocycles. The van der Waals surface area contributed by atoms with E-state index in [2.05, 4.69) is 51.1 Å². The molecule has 2 aromatic rings. The summed E-state index contributed by atoms with van der Waals surface area (Å²) in [6, 6.07) is 10.6. The van der Waals surface area contributed by atoms with E-state index in [4.69, 9.17) is 21.1 Å². The molecular formula is C23H33ClO2. The van der Waals surface area contributed by atoms with Gasteiger partial charge in [-0.2, -0.15) is 0 Å². The molecule has 0 amide bonds. The summed E-state index contributed by atoms with van der Waals surface area (Å²) in [7, 11) is 0. The molecule has 0 aliphatic rings. The average Bonchev–Trinajstić information content (AvgIpc) is 2.67. The minimum Gasteiger partial charge on any atom is -0.494 e. The van der Waals surface area contributed by atoms with Gasteiger partial charge in [0.1, 0.15) is 11.5 Å². The van der Waals surface area contributed by atoms with Gasteiger partial charge in [-0.25, -0.2) is 0 Å². The van der Waals surface area contributed by atoms with Crippen molar-refractivity contribution in [3.63, 3.8) is 0 Å². The Morgan fingerprint density at radius 1 is 0.923 bits per heavy atom. The van der Waals surface area contributed by atoms with E-state index in [-0.39, 0.29) is 0 Å². The second-order valence-electron chi connectivity index (χ2n) is 6.83. The fourth-order valence-electron chi connectivity index (χ4n) is 3.13. The molecule has 0 radical (unpaired) electrons. The van der Waals surface area contributed by atoms with Crippen LogP contribution in [-0.4, -0.2) is 18.6 Å². The smallest absolute Gasteiger partial charge is 0.123 e. The van der Waals surface area contributed by atoms with Gasteiger partial charge in [0.15, 0.2) is 0 Å². The molecule has 26 heavy (non-hydrogen) atoms. The molecule has 0 saturated heterocycles. The minimum absolute atomic E-state index is 0.301. The number of benzene rings is 2. The van der Waals surface area contributed by atoms with Crippen molar-refractivity contribution in [2.75, 3.05) is 13.2 Å². The number of ether oxygens (including phenoxy) is 2. The molecule has 0 aromatic heterocycles. The van der Waals surface area contributed by atoms with Crippen molar-refractivity contribution >= 4 is 22.4 Å². The van der Waals surface area contributed by atoms with Gasteiger partial charge in [0.05, 0.1) is 13.2 Å². The topological polar surface area (TPSA) is 18.5 Å². The van der Waals surface area contributed by atoms with Gasteiger partial charge in [0.25, 0.3) is 0 Å². The summed E-state index contributed by atoms with van der Waals surface area (Å²) in [5.74, 6) is 1.96. The lowest BCUT2D eigenvalue weighted by Crippen LogP contribution is -2.03. The van der Waals surface area contributed by atoms with E-state index in [0.29, 0.717) is 5.38 Å². The van der Waals surface area contributed by atoms with Crippen LogP contribution in [-0.2, 0) is 6.42 Å². The van der Waals surface area contributed by atoms with E-state index in [1.165, 1.54) is 16.3 Å². The quantitative estimate of drug-likeness (QED) is 0.289. The molecule has 2 aromatic carbocycles. The standard InChI is InChI=1S/C23H33ClO2/c1-4-7-15-25-20-12-13-22-18(17-20)11-14-23(21(22)6-3)26-16-9-8-10-19(24)5-2/h11-14,17,19H,4-10,15-16H2,1-3H3. The predicted octanol–water partition coefficient (Wildman–Crippen LogP) is 7.15. The van der Waals surface area contributed by atoms with E-state index < -0.39 is 0 Å². The van der Waals surface area contributed by atoms with E-state index in [0.717, 1.165) is 69.7 Å². The maximum atomic E-state index is 6.18. The van der Waals surface area contributed by atoms with Gasteiger partial charge in [-0.3, -0.25) is 0 Å². The summed E-state index contributed by atoms with van der Waals surface area (Å²) in [5, 5.41) is 2.78. The Bertz CT molecular complexity index is 669.